The maximum Gasteiger partial charge on any atom is 0.121 e. The van der Waals surface area contributed by atoms with E-state index in [1.54, 1.807) is 0 Å². The maximum atomic E-state index is 6.01. The summed E-state index contributed by atoms with van der Waals surface area (Å²) in [5.74, 6) is 1.02. The van der Waals surface area contributed by atoms with Gasteiger partial charge in [0.15, 0.2) is 0 Å². The van der Waals surface area contributed by atoms with Crippen molar-refractivity contribution >= 4 is 22.6 Å². The summed E-state index contributed by atoms with van der Waals surface area (Å²) >= 11 is 6.01. The van der Waals surface area contributed by atoms with E-state index in [0.717, 1.165) is 28.4 Å². The molecule has 1 heterocycles. The predicted octanol–water partition coefficient (Wildman–Crippen LogP) is 4.23. The molecule has 2 aromatic rings. The molecular weight excluding hydrogens is 270 g/mol. The van der Waals surface area contributed by atoms with Crippen molar-refractivity contribution in [1.29, 1.82) is 0 Å². The number of benzene rings is 1. The zero-order valence-corrected chi connectivity index (χ0v) is 13.2. The number of nitrogens with zero attached hydrogens (tertiary/aromatic N) is 2. The van der Waals surface area contributed by atoms with E-state index >= 15 is 0 Å². The fourth-order valence-electron chi connectivity index (χ4n) is 3.25. The number of imidazole rings is 1. The van der Waals surface area contributed by atoms with Crippen molar-refractivity contribution in [3.63, 3.8) is 0 Å². The molecule has 0 aliphatic heterocycles. The summed E-state index contributed by atoms with van der Waals surface area (Å²) in [5.41, 5.74) is 2.50. The molecule has 1 unspecified atom stereocenters. The van der Waals surface area contributed by atoms with Crippen LogP contribution in [0.3, 0.4) is 0 Å². The van der Waals surface area contributed by atoms with Gasteiger partial charge < -0.3 is 4.98 Å². The first-order valence-electron chi connectivity index (χ1n) is 7.27. The number of aromatic amines is 1. The molecule has 108 valence electrons. The van der Waals surface area contributed by atoms with Crippen molar-refractivity contribution < 1.29 is 0 Å². The van der Waals surface area contributed by atoms with Gasteiger partial charge in [0.1, 0.15) is 5.82 Å². The molecule has 1 aromatic heterocycles. The first-order chi connectivity index (χ1) is 9.43. The number of hydrogen-bond acceptors (Lipinski definition) is 2. The van der Waals surface area contributed by atoms with Gasteiger partial charge in [-0.1, -0.05) is 25.4 Å². The summed E-state index contributed by atoms with van der Waals surface area (Å²) in [7, 11) is 2.20. The molecule has 1 aliphatic rings. The lowest BCUT2D eigenvalue weighted by molar-refractivity contribution is 0.216. The highest BCUT2D eigenvalue weighted by molar-refractivity contribution is 6.31. The van der Waals surface area contributed by atoms with Gasteiger partial charge in [-0.3, -0.25) is 4.90 Å². The quantitative estimate of drug-likeness (QED) is 0.918. The highest BCUT2D eigenvalue weighted by Crippen LogP contribution is 2.39. The maximum absolute atomic E-state index is 6.01. The van der Waals surface area contributed by atoms with E-state index in [1.165, 1.54) is 19.3 Å². The van der Waals surface area contributed by atoms with Gasteiger partial charge in [-0.25, -0.2) is 4.98 Å². The standard InChI is InChI=1S/C16H22ClN3/c1-16(2)7-6-12(9-16)20(3)10-15-18-13-5-4-11(17)8-14(13)19-15/h4-5,8,12H,6-7,9-10H2,1-3H3,(H,18,19). The molecule has 3 rings (SSSR count). The van der Waals surface area contributed by atoms with E-state index in [-0.39, 0.29) is 0 Å². The summed E-state index contributed by atoms with van der Waals surface area (Å²) in [6, 6.07) is 6.46. The average Bonchev–Trinajstić information content (AvgIpc) is 2.91. The lowest BCUT2D eigenvalue weighted by atomic mass is 9.91. The summed E-state index contributed by atoms with van der Waals surface area (Å²) < 4.78 is 0. The number of hydrogen-bond donors (Lipinski definition) is 1. The van der Waals surface area contributed by atoms with Crippen molar-refractivity contribution in [2.75, 3.05) is 7.05 Å². The molecule has 4 heteroatoms. The van der Waals surface area contributed by atoms with Gasteiger partial charge in [0.05, 0.1) is 17.6 Å². The topological polar surface area (TPSA) is 31.9 Å². The second-order valence-electron chi connectivity index (χ2n) is 6.82. The number of H-pyrrole nitrogens is 1. The van der Waals surface area contributed by atoms with Gasteiger partial charge in [0.25, 0.3) is 0 Å². The molecule has 0 radical (unpaired) electrons. The van der Waals surface area contributed by atoms with Crippen molar-refractivity contribution in [3.8, 4) is 0 Å². The van der Waals surface area contributed by atoms with Crippen molar-refractivity contribution in [2.24, 2.45) is 5.41 Å². The first-order valence-corrected chi connectivity index (χ1v) is 7.65. The number of fused-ring (bicyclic) bond motifs is 1. The highest BCUT2D eigenvalue weighted by Gasteiger charge is 2.33. The van der Waals surface area contributed by atoms with Crippen LogP contribution in [-0.2, 0) is 6.54 Å². The fraction of sp³-hybridized carbons (Fsp3) is 0.562. The third kappa shape index (κ3) is 2.84. The van der Waals surface area contributed by atoms with E-state index < -0.39 is 0 Å². The molecule has 1 N–H and O–H groups in total. The largest absolute Gasteiger partial charge is 0.341 e. The molecule has 1 atom stereocenters. The Morgan fingerprint density at radius 1 is 1.45 bits per heavy atom. The van der Waals surface area contributed by atoms with Crippen LogP contribution in [0.15, 0.2) is 18.2 Å². The van der Waals surface area contributed by atoms with Gasteiger partial charge in [-0.15, -0.1) is 0 Å². The second-order valence-corrected chi connectivity index (χ2v) is 7.26. The van der Waals surface area contributed by atoms with Crippen LogP contribution in [0.4, 0.5) is 0 Å². The molecule has 1 fully saturated rings. The molecule has 0 amide bonds. The van der Waals surface area contributed by atoms with Crippen LogP contribution in [0.1, 0.15) is 38.9 Å². The van der Waals surface area contributed by atoms with E-state index in [1.807, 2.05) is 18.2 Å². The predicted molar refractivity (Wildman–Crippen MR) is 84.0 cm³/mol. The Labute approximate surface area is 125 Å². The number of aromatic nitrogens is 2. The molecule has 0 saturated heterocycles. The van der Waals surface area contributed by atoms with Crippen LogP contribution >= 0.6 is 11.6 Å². The molecular formula is C16H22ClN3. The van der Waals surface area contributed by atoms with Crippen LogP contribution in [0, 0.1) is 5.41 Å². The molecule has 3 nitrogen and oxygen atoms in total. The van der Waals surface area contributed by atoms with Crippen molar-refractivity contribution in [3.05, 3.63) is 29.0 Å². The Morgan fingerprint density at radius 3 is 2.95 bits per heavy atom. The molecule has 0 spiro atoms. The number of rotatable bonds is 3. The first kappa shape index (κ1) is 13.9. The normalized spacial score (nSPS) is 21.9. The molecule has 1 aromatic carbocycles. The van der Waals surface area contributed by atoms with Crippen molar-refractivity contribution in [2.45, 2.75) is 45.7 Å². The van der Waals surface area contributed by atoms with Gasteiger partial charge in [0.2, 0.25) is 0 Å². The zero-order valence-electron chi connectivity index (χ0n) is 12.4. The SMILES string of the molecule is CN(Cc1nc2ccc(Cl)cc2[nH]1)C1CCC(C)(C)C1. The minimum atomic E-state index is 0.486. The summed E-state index contributed by atoms with van der Waals surface area (Å²) in [5, 5.41) is 0.749. The van der Waals surface area contributed by atoms with Gasteiger partial charge in [-0.2, -0.15) is 0 Å². The minimum Gasteiger partial charge on any atom is -0.341 e. The Balaban J connectivity index is 1.73. The Morgan fingerprint density at radius 2 is 2.25 bits per heavy atom. The third-order valence-corrected chi connectivity index (χ3v) is 4.69. The van der Waals surface area contributed by atoms with Crippen molar-refractivity contribution in [1.82, 2.24) is 14.9 Å². The second kappa shape index (κ2) is 5.05. The van der Waals surface area contributed by atoms with Gasteiger partial charge in [-0.05, 0) is 49.9 Å². The molecule has 1 aliphatic carbocycles. The van der Waals surface area contributed by atoms with Crippen LogP contribution in [0.25, 0.3) is 11.0 Å². The zero-order chi connectivity index (χ0) is 14.3. The van der Waals surface area contributed by atoms with Crippen LogP contribution < -0.4 is 0 Å². The average molecular weight is 292 g/mol. The van der Waals surface area contributed by atoms with Gasteiger partial charge in [0, 0.05) is 11.1 Å². The Kier molecular flexibility index (Phi) is 3.51. The smallest absolute Gasteiger partial charge is 0.121 e. The van der Waals surface area contributed by atoms with Crippen LogP contribution in [0.2, 0.25) is 5.02 Å². The molecule has 0 bridgehead atoms. The summed E-state index contributed by atoms with van der Waals surface area (Å²) in [6.07, 6.45) is 3.88. The van der Waals surface area contributed by atoms with Crippen LogP contribution in [0.5, 0.6) is 0 Å². The highest BCUT2D eigenvalue weighted by atomic mass is 35.5. The molecule has 1 saturated carbocycles. The lowest BCUT2D eigenvalue weighted by Crippen LogP contribution is -2.30. The van der Waals surface area contributed by atoms with Crippen LogP contribution in [-0.4, -0.2) is 28.0 Å². The van der Waals surface area contributed by atoms with Gasteiger partial charge >= 0.3 is 0 Å². The Hall–Kier alpha value is -1.06. The van der Waals surface area contributed by atoms with E-state index in [9.17, 15) is 0 Å². The fourth-order valence-corrected chi connectivity index (χ4v) is 3.42. The summed E-state index contributed by atoms with van der Waals surface area (Å²) in [6.45, 7) is 5.60. The lowest BCUT2D eigenvalue weighted by Gasteiger charge is -2.25. The number of halogens is 1. The van der Waals surface area contributed by atoms with E-state index in [2.05, 4.69) is 35.8 Å². The minimum absolute atomic E-state index is 0.486. The van der Waals surface area contributed by atoms with E-state index in [0.29, 0.717) is 11.5 Å². The summed E-state index contributed by atoms with van der Waals surface area (Å²) in [4.78, 5) is 10.4. The van der Waals surface area contributed by atoms with E-state index in [4.69, 9.17) is 11.6 Å². The monoisotopic (exact) mass is 291 g/mol. The Bertz CT molecular complexity index is 617. The number of nitrogens with one attached hydrogen (secondary N) is 1. The third-order valence-electron chi connectivity index (χ3n) is 4.46. The molecule has 20 heavy (non-hydrogen) atoms.